The van der Waals surface area contributed by atoms with Crippen LogP contribution in [0.2, 0.25) is 0 Å². The molecule has 0 bridgehead atoms. The monoisotopic (exact) mass is 411 g/mol. The van der Waals surface area contributed by atoms with Crippen molar-refractivity contribution in [3.63, 3.8) is 0 Å². The third kappa shape index (κ3) is 5.06. The maximum atomic E-state index is 10.9. The fraction of sp³-hybridized carbons (Fsp3) is 0.560. The van der Waals surface area contributed by atoms with Crippen molar-refractivity contribution in [2.24, 2.45) is 17.6 Å². The second-order valence-corrected chi connectivity index (χ2v) is 8.56. The summed E-state index contributed by atoms with van der Waals surface area (Å²) < 4.78 is 6.28. The van der Waals surface area contributed by atoms with Crippen LogP contribution >= 0.6 is 0 Å². The standard InChI is InChI=1S/C25H33NO4/c1-3-4-8-16(2)20(27)14-13-18-21(28)15-22-24(18)19-11-7-10-17(25(19)30-22)9-5-6-12-23(26)29/h7,10-11,13-14,16,18,20-22,24,27-28H,5-6,8-9,12,15H2,1-2H3,(H2,26,29)/b14-13+/t16-,18+,20-,21-,22+,24+/m1/s1. The number of amides is 1. The van der Waals surface area contributed by atoms with Gasteiger partial charge in [0.05, 0.1) is 12.2 Å². The normalized spacial score (nSPS) is 26.4. The average molecular weight is 412 g/mol. The zero-order valence-corrected chi connectivity index (χ0v) is 17.9. The predicted octanol–water partition coefficient (Wildman–Crippen LogP) is 3.08. The van der Waals surface area contributed by atoms with Crippen LogP contribution in [-0.2, 0) is 11.2 Å². The molecule has 0 spiro atoms. The van der Waals surface area contributed by atoms with Crippen LogP contribution in [0.25, 0.3) is 0 Å². The molecule has 0 radical (unpaired) electrons. The number of primary amides is 1. The summed E-state index contributed by atoms with van der Waals surface area (Å²) in [5, 5.41) is 21.1. The second kappa shape index (κ2) is 10.1. The van der Waals surface area contributed by atoms with E-state index in [0.717, 1.165) is 36.1 Å². The van der Waals surface area contributed by atoms with E-state index >= 15 is 0 Å². The Bertz CT molecular complexity index is 837. The van der Waals surface area contributed by atoms with Gasteiger partial charge in [-0.3, -0.25) is 4.79 Å². The van der Waals surface area contributed by atoms with Crippen LogP contribution in [-0.4, -0.2) is 34.4 Å². The van der Waals surface area contributed by atoms with Gasteiger partial charge in [0, 0.05) is 36.7 Å². The van der Waals surface area contributed by atoms with Crippen molar-refractivity contribution < 1.29 is 19.7 Å². The number of benzene rings is 1. The summed E-state index contributed by atoms with van der Waals surface area (Å²) in [5.41, 5.74) is 7.51. The van der Waals surface area contributed by atoms with Gasteiger partial charge < -0.3 is 20.7 Å². The van der Waals surface area contributed by atoms with E-state index in [1.165, 1.54) is 0 Å². The molecule has 2 aliphatic rings. The summed E-state index contributed by atoms with van der Waals surface area (Å²) in [6.07, 6.45) is 6.79. The Balaban J connectivity index is 1.71. The first kappa shape index (κ1) is 22.4. The largest absolute Gasteiger partial charge is 0.489 e. The van der Waals surface area contributed by atoms with Crippen LogP contribution in [0.4, 0.5) is 0 Å². The lowest BCUT2D eigenvalue weighted by atomic mass is 9.86. The Morgan fingerprint density at radius 3 is 2.93 bits per heavy atom. The molecule has 1 saturated carbocycles. The third-order valence-corrected chi connectivity index (χ3v) is 6.32. The van der Waals surface area contributed by atoms with Gasteiger partial charge in [-0.05, 0) is 37.7 Å². The summed E-state index contributed by atoms with van der Waals surface area (Å²) in [7, 11) is 0. The fourth-order valence-electron chi connectivity index (χ4n) is 4.60. The first-order chi connectivity index (χ1) is 14.4. The first-order valence-corrected chi connectivity index (χ1v) is 10.9. The smallest absolute Gasteiger partial charge is 0.217 e. The highest BCUT2D eigenvalue weighted by atomic mass is 16.5. The molecular weight excluding hydrogens is 378 g/mol. The molecule has 4 N–H and O–H groups in total. The minimum atomic E-state index is -0.588. The topological polar surface area (TPSA) is 92.8 Å². The highest BCUT2D eigenvalue weighted by molar-refractivity contribution is 5.73. The number of aliphatic hydroxyl groups is 2. The van der Waals surface area contributed by atoms with Crippen molar-refractivity contribution in [2.45, 2.75) is 76.6 Å². The summed E-state index contributed by atoms with van der Waals surface area (Å²) >= 11 is 0. The Morgan fingerprint density at radius 2 is 2.20 bits per heavy atom. The van der Waals surface area contributed by atoms with Gasteiger partial charge >= 0.3 is 0 Å². The Kier molecular flexibility index (Phi) is 7.58. The lowest BCUT2D eigenvalue weighted by Crippen LogP contribution is -2.19. The molecule has 30 heavy (non-hydrogen) atoms. The highest BCUT2D eigenvalue weighted by Gasteiger charge is 2.48. The number of nitrogens with two attached hydrogens (primary N) is 1. The number of unbranched alkanes of at least 4 members (excludes halogenated alkanes) is 1. The van der Waals surface area contributed by atoms with E-state index in [2.05, 4.69) is 24.0 Å². The summed E-state index contributed by atoms with van der Waals surface area (Å²) in [4.78, 5) is 10.9. The van der Waals surface area contributed by atoms with Crippen molar-refractivity contribution in [1.82, 2.24) is 0 Å². The predicted molar refractivity (Wildman–Crippen MR) is 117 cm³/mol. The first-order valence-electron chi connectivity index (χ1n) is 10.9. The van der Waals surface area contributed by atoms with Crippen LogP contribution in [0, 0.1) is 23.7 Å². The molecule has 162 valence electrons. The molecule has 1 aromatic carbocycles. The van der Waals surface area contributed by atoms with E-state index in [-0.39, 0.29) is 29.8 Å². The molecule has 5 nitrogen and oxygen atoms in total. The zero-order valence-electron chi connectivity index (χ0n) is 17.9. The van der Waals surface area contributed by atoms with Crippen molar-refractivity contribution in [3.8, 4) is 17.6 Å². The van der Waals surface area contributed by atoms with Crippen molar-refractivity contribution in [3.05, 3.63) is 41.5 Å². The SMILES string of the molecule is CC#CC[C@@H](C)[C@H](O)/C=C/[C@@H]1[C@H]2c3cccc(CCCCC(N)=O)c3O[C@H]2C[C@H]1O. The lowest BCUT2D eigenvalue weighted by Gasteiger charge is -2.19. The van der Waals surface area contributed by atoms with E-state index in [4.69, 9.17) is 10.5 Å². The molecular formula is C25H33NO4. The number of hydrogen-bond acceptors (Lipinski definition) is 4. The van der Waals surface area contributed by atoms with Crippen LogP contribution in [0.1, 0.15) is 63.0 Å². The summed E-state index contributed by atoms with van der Waals surface area (Å²) in [6, 6.07) is 6.20. The van der Waals surface area contributed by atoms with E-state index in [1.807, 2.05) is 25.1 Å². The van der Waals surface area contributed by atoms with E-state index in [9.17, 15) is 15.0 Å². The number of hydrogen-bond donors (Lipinski definition) is 3. The zero-order chi connectivity index (χ0) is 21.7. The van der Waals surface area contributed by atoms with Gasteiger partial charge in [0.1, 0.15) is 11.9 Å². The quantitative estimate of drug-likeness (QED) is 0.331. The number of ether oxygens (including phenoxy) is 1. The molecule has 0 aromatic heterocycles. The van der Waals surface area contributed by atoms with Crippen LogP contribution in [0.3, 0.4) is 0 Å². The fourth-order valence-corrected chi connectivity index (χ4v) is 4.60. The van der Waals surface area contributed by atoms with E-state index < -0.39 is 12.2 Å². The van der Waals surface area contributed by atoms with Gasteiger partial charge in [-0.2, -0.15) is 0 Å². The maximum Gasteiger partial charge on any atom is 0.217 e. The Hall–Kier alpha value is -2.29. The van der Waals surface area contributed by atoms with Crippen LogP contribution in [0.15, 0.2) is 30.4 Å². The Labute approximate surface area is 179 Å². The molecule has 1 amide bonds. The third-order valence-electron chi connectivity index (χ3n) is 6.32. The van der Waals surface area contributed by atoms with Crippen molar-refractivity contribution >= 4 is 5.91 Å². The number of para-hydroxylation sites is 1. The molecule has 6 atom stereocenters. The van der Waals surface area contributed by atoms with Gasteiger partial charge in [0.25, 0.3) is 0 Å². The summed E-state index contributed by atoms with van der Waals surface area (Å²) in [6.45, 7) is 3.78. The molecule has 0 saturated heterocycles. The Morgan fingerprint density at radius 1 is 1.40 bits per heavy atom. The minimum Gasteiger partial charge on any atom is -0.489 e. The number of aryl methyl sites for hydroxylation is 1. The number of fused-ring (bicyclic) bond motifs is 3. The molecule has 5 heteroatoms. The number of aliphatic hydroxyl groups excluding tert-OH is 2. The van der Waals surface area contributed by atoms with Gasteiger partial charge in [0.15, 0.2) is 0 Å². The number of carbonyl (C=O) groups excluding carboxylic acids is 1. The number of carbonyl (C=O) groups is 1. The van der Waals surface area contributed by atoms with Gasteiger partial charge in [-0.15, -0.1) is 11.8 Å². The van der Waals surface area contributed by atoms with Gasteiger partial charge in [-0.25, -0.2) is 0 Å². The van der Waals surface area contributed by atoms with E-state index in [0.29, 0.717) is 19.3 Å². The summed E-state index contributed by atoms with van der Waals surface area (Å²) in [5.74, 6) is 6.60. The molecule has 0 unspecified atom stereocenters. The van der Waals surface area contributed by atoms with Crippen molar-refractivity contribution in [1.29, 1.82) is 0 Å². The molecule has 1 aliphatic heterocycles. The highest BCUT2D eigenvalue weighted by Crippen LogP contribution is 2.52. The van der Waals surface area contributed by atoms with E-state index in [1.54, 1.807) is 6.92 Å². The average Bonchev–Trinajstić information content (AvgIpc) is 3.22. The maximum absolute atomic E-state index is 10.9. The molecule has 1 fully saturated rings. The number of rotatable bonds is 9. The molecule has 3 rings (SSSR count). The van der Waals surface area contributed by atoms with Gasteiger partial charge in [0.2, 0.25) is 5.91 Å². The lowest BCUT2D eigenvalue weighted by molar-refractivity contribution is -0.118. The molecule has 1 aliphatic carbocycles. The van der Waals surface area contributed by atoms with Crippen LogP contribution < -0.4 is 10.5 Å². The molecule has 1 heterocycles. The van der Waals surface area contributed by atoms with Gasteiger partial charge in [-0.1, -0.05) is 37.3 Å². The van der Waals surface area contributed by atoms with Crippen LogP contribution in [0.5, 0.6) is 5.75 Å². The van der Waals surface area contributed by atoms with Crippen molar-refractivity contribution in [2.75, 3.05) is 0 Å². The molecule has 1 aromatic rings. The minimum absolute atomic E-state index is 0.0437. The second-order valence-electron chi connectivity index (χ2n) is 8.56.